The van der Waals surface area contributed by atoms with Crippen LogP contribution >= 0.6 is 11.6 Å². The van der Waals surface area contributed by atoms with Gasteiger partial charge in [-0.1, -0.05) is 48.0 Å². The average Bonchev–Trinajstić information content (AvgIpc) is 2.60. The molecule has 0 radical (unpaired) electrons. The number of nitrogens with zero attached hydrogens (tertiary/aromatic N) is 1. The molecule has 126 valence electrons. The van der Waals surface area contributed by atoms with E-state index in [4.69, 9.17) is 11.6 Å². The van der Waals surface area contributed by atoms with Crippen LogP contribution in [-0.4, -0.2) is 32.0 Å². The maximum Gasteiger partial charge on any atom is 0.243 e. The van der Waals surface area contributed by atoms with E-state index >= 15 is 0 Å². The van der Waals surface area contributed by atoms with Crippen molar-refractivity contribution >= 4 is 29.2 Å². The molecule has 1 amide bonds. The number of carbonyl (C=O) groups excluding carboxylic acids is 1. The summed E-state index contributed by atoms with van der Waals surface area (Å²) in [4.78, 5) is 16.0. The number of carbonyl (C=O) groups is 1. The number of rotatable bonds is 6. The molecule has 0 saturated heterocycles. The number of anilines is 1. The first-order chi connectivity index (χ1) is 11.7. The summed E-state index contributed by atoms with van der Waals surface area (Å²) in [5, 5.41) is 9.71. The zero-order chi connectivity index (χ0) is 17.2. The van der Waals surface area contributed by atoms with Crippen molar-refractivity contribution < 1.29 is 4.79 Å². The normalized spacial score (nSPS) is 11.0. The lowest BCUT2D eigenvalue weighted by Gasteiger charge is -2.12. The number of hydrogen-bond donors (Lipinski definition) is 3. The molecule has 0 heterocycles. The van der Waals surface area contributed by atoms with Crippen LogP contribution in [0.15, 0.2) is 59.6 Å². The molecule has 0 atom stereocenters. The van der Waals surface area contributed by atoms with Crippen LogP contribution in [0.3, 0.4) is 0 Å². The predicted molar refractivity (Wildman–Crippen MR) is 99.6 cm³/mol. The van der Waals surface area contributed by atoms with Crippen LogP contribution in [0.4, 0.5) is 5.69 Å². The van der Waals surface area contributed by atoms with Crippen LogP contribution in [0.2, 0.25) is 5.02 Å². The minimum Gasteiger partial charge on any atom is -0.356 e. The summed E-state index contributed by atoms with van der Waals surface area (Å²) in [5.41, 5.74) is 1.84. The second kappa shape index (κ2) is 9.57. The van der Waals surface area contributed by atoms with Gasteiger partial charge in [-0.3, -0.25) is 9.79 Å². The first kappa shape index (κ1) is 17.8. The van der Waals surface area contributed by atoms with E-state index in [1.54, 1.807) is 7.05 Å². The summed E-state index contributed by atoms with van der Waals surface area (Å²) in [7, 11) is 1.67. The molecular weight excluding hydrogens is 324 g/mol. The lowest BCUT2D eigenvalue weighted by atomic mass is 10.1. The van der Waals surface area contributed by atoms with Gasteiger partial charge in [0.15, 0.2) is 5.96 Å². The van der Waals surface area contributed by atoms with Gasteiger partial charge in [0, 0.05) is 24.3 Å². The van der Waals surface area contributed by atoms with Gasteiger partial charge in [-0.2, -0.15) is 0 Å². The summed E-state index contributed by atoms with van der Waals surface area (Å²) >= 11 is 6.13. The van der Waals surface area contributed by atoms with Crippen LogP contribution in [0.25, 0.3) is 0 Å². The van der Waals surface area contributed by atoms with Crippen molar-refractivity contribution in [1.29, 1.82) is 0 Å². The molecule has 0 aliphatic heterocycles. The molecule has 0 aliphatic carbocycles. The zero-order valence-corrected chi connectivity index (χ0v) is 14.3. The molecule has 24 heavy (non-hydrogen) atoms. The Bertz CT molecular complexity index is 688. The summed E-state index contributed by atoms with van der Waals surface area (Å²) in [6.45, 7) is 0.810. The molecule has 0 unspecified atom stereocenters. The molecular formula is C18H21ClN4O. The molecule has 2 aromatic rings. The Balaban J connectivity index is 1.72. The Labute approximate surface area is 147 Å². The number of benzene rings is 2. The lowest BCUT2D eigenvalue weighted by Crippen LogP contribution is -2.42. The number of hydrogen-bond acceptors (Lipinski definition) is 2. The third kappa shape index (κ3) is 5.93. The minimum atomic E-state index is -0.129. The Kier molecular flexibility index (Phi) is 7.11. The lowest BCUT2D eigenvalue weighted by molar-refractivity contribution is -0.115. The average molecular weight is 345 g/mol. The van der Waals surface area contributed by atoms with Gasteiger partial charge in [-0.25, -0.2) is 0 Å². The summed E-state index contributed by atoms with van der Waals surface area (Å²) in [5.74, 6) is 0.445. The van der Waals surface area contributed by atoms with E-state index in [9.17, 15) is 4.79 Å². The van der Waals surface area contributed by atoms with Crippen LogP contribution in [0, 0.1) is 0 Å². The molecule has 0 fully saturated rings. The number of guanidine groups is 1. The van der Waals surface area contributed by atoms with Crippen molar-refractivity contribution in [2.75, 3.05) is 25.5 Å². The third-order valence-corrected chi connectivity index (χ3v) is 3.71. The van der Waals surface area contributed by atoms with E-state index in [2.05, 4.69) is 20.9 Å². The highest BCUT2D eigenvalue weighted by Crippen LogP contribution is 2.14. The smallest absolute Gasteiger partial charge is 0.243 e. The molecule has 0 spiro atoms. The van der Waals surface area contributed by atoms with Crippen molar-refractivity contribution in [3.8, 4) is 0 Å². The predicted octanol–water partition coefficient (Wildman–Crippen LogP) is 2.69. The Morgan fingerprint density at radius 2 is 1.75 bits per heavy atom. The first-order valence-corrected chi connectivity index (χ1v) is 8.09. The molecule has 6 heteroatoms. The molecule has 2 aromatic carbocycles. The number of para-hydroxylation sites is 1. The van der Waals surface area contributed by atoms with Gasteiger partial charge in [-0.15, -0.1) is 0 Å². The van der Waals surface area contributed by atoms with Gasteiger partial charge >= 0.3 is 0 Å². The fraction of sp³-hybridized carbons (Fsp3) is 0.222. The van der Waals surface area contributed by atoms with Crippen molar-refractivity contribution in [3.05, 3.63) is 65.2 Å². The summed E-state index contributed by atoms with van der Waals surface area (Å²) < 4.78 is 0. The fourth-order valence-corrected chi connectivity index (χ4v) is 2.36. The Hall–Kier alpha value is -2.53. The molecule has 0 bridgehead atoms. The second-order valence-electron chi connectivity index (χ2n) is 5.11. The van der Waals surface area contributed by atoms with Gasteiger partial charge in [0.05, 0.1) is 6.54 Å². The van der Waals surface area contributed by atoms with E-state index < -0.39 is 0 Å². The van der Waals surface area contributed by atoms with Gasteiger partial charge in [0.1, 0.15) is 0 Å². The highest BCUT2D eigenvalue weighted by Gasteiger charge is 2.04. The van der Waals surface area contributed by atoms with Gasteiger partial charge in [0.25, 0.3) is 0 Å². The van der Waals surface area contributed by atoms with E-state index in [1.807, 2.05) is 54.6 Å². The largest absolute Gasteiger partial charge is 0.356 e. The van der Waals surface area contributed by atoms with Crippen molar-refractivity contribution in [2.45, 2.75) is 6.42 Å². The first-order valence-electron chi connectivity index (χ1n) is 7.72. The van der Waals surface area contributed by atoms with Crippen LogP contribution < -0.4 is 16.0 Å². The quantitative estimate of drug-likeness (QED) is 0.557. The molecule has 0 aliphatic rings. The number of amides is 1. The number of aliphatic imine (C=N–C) groups is 1. The second-order valence-corrected chi connectivity index (χ2v) is 5.52. The van der Waals surface area contributed by atoms with Gasteiger partial charge in [-0.05, 0) is 30.2 Å². The highest BCUT2D eigenvalue weighted by atomic mass is 35.5. The molecule has 2 rings (SSSR count). The van der Waals surface area contributed by atoms with E-state index in [-0.39, 0.29) is 12.5 Å². The van der Waals surface area contributed by atoms with E-state index in [0.29, 0.717) is 12.5 Å². The highest BCUT2D eigenvalue weighted by molar-refractivity contribution is 6.31. The monoisotopic (exact) mass is 344 g/mol. The van der Waals surface area contributed by atoms with Crippen molar-refractivity contribution in [1.82, 2.24) is 10.6 Å². The molecule has 0 aromatic heterocycles. The zero-order valence-electron chi connectivity index (χ0n) is 13.6. The third-order valence-electron chi connectivity index (χ3n) is 3.34. The van der Waals surface area contributed by atoms with Crippen LogP contribution in [-0.2, 0) is 11.2 Å². The Morgan fingerprint density at radius 3 is 2.46 bits per heavy atom. The molecule has 3 N–H and O–H groups in total. The van der Waals surface area contributed by atoms with Crippen molar-refractivity contribution in [3.63, 3.8) is 0 Å². The molecule has 5 nitrogen and oxygen atoms in total. The summed E-state index contributed by atoms with van der Waals surface area (Å²) in [6.07, 6.45) is 0.774. The fourth-order valence-electron chi connectivity index (χ4n) is 2.13. The van der Waals surface area contributed by atoms with E-state index in [1.165, 1.54) is 0 Å². The topological polar surface area (TPSA) is 65.5 Å². The number of nitrogens with one attached hydrogen (secondary N) is 3. The summed E-state index contributed by atoms with van der Waals surface area (Å²) in [6, 6.07) is 17.1. The minimum absolute atomic E-state index is 0.129. The van der Waals surface area contributed by atoms with Gasteiger partial charge in [0.2, 0.25) is 5.91 Å². The standard InChI is InChI=1S/C18H21ClN4O/c1-20-18(21-12-11-14-7-5-6-10-16(14)19)22-13-17(24)23-15-8-3-2-4-9-15/h2-10H,11-13H2,1H3,(H,23,24)(H2,20,21,22). The molecule has 0 saturated carbocycles. The van der Waals surface area contributed by atoms with Crippen molar-refractivity contribution in [2.24, 2.45) is 4.99 Å². The van der Waals surface area contributed by atoms with E-state index in [0.717, 1.165) is 22.7 Å². The number of halogens is 1. The van der Waals surface area contributed by atoms with Crippen LogP contribution in [0.5, 0.6) is 0 Å². The van der Waals surface area contributed by atoms with Gasteiger partial charge < -0.3 is 16.0 Å². The Morgan fingerprint density at radius 1 is 1.04 bits per heavy atom. The maximum atomic E-state index is 11.9. The SMILES string of the molecule is CN=C(NCCc1ccccc1Cl)NCC(=O)Nc1ccccc1. The van der Waals surface area contributed by atoms with Crippen LogP contribution in [0.1, 0.15) is 5.56 Å². The maximum absolute atomic E-state index is 11.9.